The quantitative estimate of drug-likeness (QED) is 0.586. The number of amides is 2. The molecule has 0 radical (unpaired) electrons. The third-order valence-electron chi connectivity index (χ3n) is 3.35. The van der Waals surface area contributed by atoms with Gasteiger partial charge in [-0.05, 0) is 17.4 Å². The molecule has 25 heavy (non-hydrogen) atoms. The van der Waals surface area contributed by atoms with E-state index in [-0.39, 0.29) is 6.03 Å². The molecule has 0 aliphatic rings. The number of carbonyl (C=O) groups excluding carboxylic acids is 1. The van der Waals surface area contributed by atoms with Gasteiger partial charge in [0.2, 0.25) is 0 Å². The first-order chi connectivity index (χ1) is 12.1. The van der Waals surface area contributed by atoms with Crippen molar-refractivity contribution < 1.29 is 4.79 Å². The molecule has 0 aliphatic heterocycles. The maximum atomic E-state index is 11.7. The zero-order valence-corrected chi connectivity index (χ0v) is 15.7. The van der Waals surface area contributed by atoms with Crippen LogP contribution < -0.4 is 16.0 Å². The van der Waals surface area contributed by atoms with Crippen LogP contribution in [-0.4, -0.2) is 34.1 Å². The number of aromatic nitrogens is 3. The smallest absolute Gasteiger partial charge is 0.321 e. The summed E-state index contributed by atoms with van der Waals surface area (Å²) in [5.41, 5.74) is 0.958. The highest BCUT2D eigenvalue weighted by Crippen LogP contribution is 2.25. The van der Waals surface area contributed by atoms with E-state index in [1.807, 2.05) is 11.4 Å². The molecule has 7 nitrogen and oxygen atoms in total. The molecule has 0 bridgehead atoms. The van der Waals surface area contributed by atoms with Gasteiger partial charge in [0.15, 0.2) is 5.13 Å². The highest BCUT2D eigenvalue weighted by atomic mass is 32.1. The van der Waals surface area contributed by atoms with Crippen molar-refractivity contribution in [2.24, 2.45) is 5.92 Å². The number of nitrogens with one attached hydrogen (secondary N) is 3. The van der Waals surface area contributed by atoms with E-state index < -0.39 is 0 Å². The zero-order chi connectivity index (χ0) is 17.6. The molecule has 0 atom stereocenters. The molecule has 3 aromatic rings. The lowest BCUT2D eigenvalue weighted by Gasteiger charge is -2.07. The van der Waals surface area contributed by atoms with Crippen molar-refractivity contribution in [2.45, 2.75) is 20.3 Å². The average Bonchev–Trinajstić information content (AvgIpc) is 3.22. The highest BCUT2D eigenvalue weighted by Gasteiger charge is 2.08. The van der Waals surface area contributed by atoms with Gasteiger partial charge in [-0.1, -0.05) is 13.8 Å². The van der Waals surface area contributed by atoms with Gasteiger partial charge in [-0.2, -0.15) is 0 Å². The molecule has 0 saturated heterocycles. The number of hydrogen-bond donors (Lipinski definition) is 3. The Morgan fingerprint density at radius 2 is 2.16 bits per heavy atom. The summed E-state index contributed by atoms with van der Waals surface area (Å²) in [4.78, 5) is 25.6. The molecule has 3 aromatic heterocycles. The fourth-order valence-corrected chi connectivity index (χ4v) is 3.76. The number of rotatable bonds is 7. The largest absolute Gasteiger partial charge is 0.368 e. The molecule has 0 aromatic carbocycles. The standard InChI is InChI=1S/C16H20N6OS2/c1-10(2)7-18-15(23)22-16-19-8-11(25-16)3-5-17-14-13-12(4-6-24-13)20-9-21-14/h4,6,8-10H,3,5,7H2,1-2H3,(H,17,20,21)(H2,18,19,22,23). The Bertz CT molecular complexity index is 844. The monoisotopic (exact) mass is 376 g/mol. The Balaban J connectivity index is 1.49. The molecular formula is C16H20N6OS2. The summed E-state index contributed by atoms with van der Waals surface area (Å²) in [6.07, 6.45) is 4.18. The SMILES string of the molecule is CC(C)CNC(=O)Nc1ncc(CCNc2ncnc3ccsc23)s1. The molecule has 3 N–H and O–H groups in total. The molecule has 0 aliphatic carbocycles. The second kappa shape index (κ2) is 8.21. The minimum atomic E-state index is -0.214. The van der Waals surface area contributed by atoms with E-state index in [1.54, 1.807) is 23.9 Å². The van der Waals surface area contributed by atoms with Crippen LogP contribution in [0.1, 0.15) is 18.7 Å². The summed E-state index contributed by atoms with van der Waals surface area (Å²) in [5, 5.41) is 11.5. The van der Waals surface area contributed by atoms with Crippen molar-refractivity contribution in [2.75, 3.05) is 23.7 Å². The van der Waals surface area contributed by atoms with E-state index in [0.29, 0.717) is 17.6 Å². The number of urea groups is 1. The van der Waals surface area contributed by atoms with Crippen molar-refractivity contribution >= 4 is 49.9 Å². The van der Waals surface area contributed by atoms with Gasteiger partial charge in [-0.15, -0.1) is 22.7 Å². The third kappa shape index (κ3) is 4.86. The Hall–Kier alpha value is -2.26. The number of nitrogens with zero attached hydrogens (tertiary/aromatic N) is 3. The van der Waals surface area contributed by atoms with Crippen LogP contribution >= 0.6 is 22.7 Å². The van der Waals surface area contributed by atoms with Crippen LogP contribution in [0.5, 0.6) is 0 Å². The average molecular weight is 377 g/mol. The summed E-state index contributed by atoms with van der Waals surface area (Å²) in [7, 11) is 0. The first-order valence-electron chi connectivity index (χ1n) is 8.03. The molecule has 3 rings (SSSR count). The number of fused-ring (bicyclic) bond motifs is 1. The summed E-state index contributed by atoms with van der Waals surface area (Å²) in [5.74, 6) is 1.27. The molecule has 0 fully saturated rings. The van der Waals surface area contributed by atoms with Gasteiger partial charge in [-0.3, -0.25) is 5.32 Å². The fourth-order valence-electron chi connectivity index (χ4n) is 2.14. The van der Waals surface area contributed by atoms with Crippen LogP contribution in [0.15, 0.2) is 24.0 Å². The van der Waals surface area contributed by atoms with E-state index in [1.165, 1.54) is 11.3 Å². The van der Waals surface area contributed by atoms with Crippen LogP contribution in [0.2, 0.25) is 0 Å². The van der Waals surface area contributed by atoms with E-state index in [4.69, 9.17) is 0 Å². The van der Waals surface area contributed by atoms with E-state index in [0.717, 1.165) is 33.9 Å². The predicted octanol–water partition coefficient (Wildman–Crippen LogP) is 3.58. The number of thiazole rings is 1. The lowest BCUT2D eigenvalue weighted by molar-refractivity contribution is 0.251. The van der Waals surface area contributed by atoms with E-state index >= 15 is 0 Å². The van der Waals surface area contributed by atoms with Crippen molar-refractivity contribution in [3.8, 4) is 0 Å². The first kappa shape index (κ1) is 17.6. The normalized spacial score (nSPS) is 11.0. The van der Waals surface area contributed by atoms with Crippen molar-refractivity contribution in [3.63, 3.8) is 0 Å². The molecule has 3 heterocycles. The molecule has 0 spiro atoms. The van der Waals surface area contributed by atoms with Gasteiger partial charge < -0.3 is 10.6 Å². The second-order valence-electron chi connectivity index (χ2n) is 5.89. The van der Waals surface area contributed by atoms with Gasteiger partial charge in [0.05, 0.1) is 10.2 Å². The maximum absolute atomic E-state index is 11.7. The minimum absolute atomic E-state index is 0.214. The number of hydrogen-bond acceptors (Lipinski definition) is 7. The van der Waals surface area contributed by atoms with Gasteiger partial charge in [0.1, 0.15) is 12.1 Å². The van der Waals surface area contributed by atoms with Crippen LogP contribution in [0.4, 0.5) is 15.7 Å². The van der Waals surface area contributed by atoms with Crippen LogP contribution in [0, 0.1) is 5.92 Å². The highest BCUT2D eigenvalue weighted by molar-refractivity contribution is 7.17. The molecule has 9 heteroatoms. The van der Waals surface area contributed by atoms with Crippen LogP contribution in [0.3, 0.4) is 0 Å². The maximum Gasteiger partial charge on any atom is 0.321 e. The van der Waals surface area contributed by atoms with Gasteiger partial charge in [0, 0.05) is 30.6 Å². The van der Waals surface area contributed by atoms with Crippen molar-refractivity contribution in [1.29, 1.82) is 0 Å². The van der Waals surface area contributed by atoms with Crippen LogP contribution in [-0.2, 0) is 6.42 Å². The predicted molar refractivity (Wildman–Crippen MR) is 104 cm³/mol. The lowest BCUT2D eigenvalue weighted by Crippen LogP contribution is -2.31. The summed E-state index contributed by atoms with van der Waals surface area (Å²) < 4.78 is 1.07. The lowest BCUT2D eigenvalue weighted by atomic mass is 10.2. The molecule has 0 unspecified atom stereocenters. The Kier molecular flexibility index (Phi) is 5.77. The third-order valence-corrected chi connectivity index (χ3v) is 5.23. The van der Waals surface area contributed by atoms with Crippen molar-refractivity contribution in [3.05, 3.63) is 28.8 Å². The topological polar surface area (TPSA) is 91.8 Å². The van der Waals surface area contributed by atoms with E-state index in [2.05, 4.69) is 44.7 Å². The Morgan fingerprint density at radius 1 is 1.28 bits per heavy atom. The second-order valence-corrected chi connectivity index (χ2v) is 7.93. The number of carbonyl (C=O) groups is 1. The fraction of sp³-hybridized carbons (Fsp3) is 0.375. The van der Waals surface area contributed by atoms with Gasteiger partial charge in [0.25, 0.3) is 0 Å². The number of thiophene rings is 1. The molecule has 2 amide bonds. The van der Waals surface area contributed by atoms with E-state index in [9.17, 15) is 4.79 Å². The number of anilines is 2. The first-order valence-corrected chi connectivity index (χ1v) is 9.73. The molecule has 132 valence electrons. The molecular weight excluding hydrogens is 356 g/mol. The molecule has 0 saturated carbocycles. The summed E-state index contributed by atoms with van der Waals surface area (Å²) in [6.45, 7) is 5.49. The summed E-state index contributed by atoms with van der Waals surface area (Å²) >= 11 is 3.11. The van der Waals surface area contributed by atoms with Gasteiger partial charge in [-0.25, -0.2) is 19.7 Å². The van der Waals surface area contributed by atoms with Gasteiger partial charge >= 0.3 is 6.03 Å². The van der Waals surface area contributed by atoms with Crippen molar-refractivity contribution in [1.82, 2.24) is 20.3 Å². The Morgan fingerprint density at radius 3 is 3.00 bits per heavy atom. The summed E-state index contributed by atoms with van der Waals surface area (Å²) in [6, 6.07) is 1.77. The van der Waals surface area contributed by atoms with Crippen LogP contribution in [0.25, 0.3) is 10.2 Å². The zero-order valence-electron chi connectivity index (χ0n) is 14.1. The Labute approximate surface area is 153 Å². The minimum Gasteiger partial charge on any atom is -0.368 e.